The van der Waals surface area contributed by atoms with E-state index in [9.17, 15) is 23.5 Å². The summed E-state index contributed by atoms with van der Waals surface area (Å²) < 4.78 is 33.6. The zero-order valence-corrected chi connectivity index (χ0v) is 21.7. The number of rotatable bonds is 8. The van der Waals surface area contributed by atoms with Crippen molar-refractivity contribution in [3.63, 3.8) is 0 Å². The molecule has 0 bridgehead atoms. The van der Waals surface area contributed by atoms with Crippen molar-refractivity contribution < 1.29 is 28.2 Å². The monoisotopic (exact) mass is 520 g/mol. The number of amides is 1. The average molecular weight is 521 g/mol. The van der Waals surface area contributed by atoms with Crippen LogP contribution in [0.25, 0.3) is 5.76 Å². The second-order valence-corrected chi connectivity index (χ2v) is 9.23. The minimum Gasteiger partial charge on any atom is -0.507 e. The van der Waals surface area contributed by atoms with Crippen LogP contribution < -0.4 is 14.5 Å². The molecule has 3 aromatic carbocycles. The molecule has 38 heavy (non-hydrogen) atoms. The predicted octanol–water partition coefficient (Wildman–Crippen LogP) is 6.22. The third kappa shape index (κ3) is 5.11. The first-order valence-electron chi connectivity index (χ1n) is 12.5. The molecule has 1 amide bonds. The number of ketones is 1. The number of hydrogen-bond acceptors (Lipinski definition) is 5. The number of anilines is 2. The third-order valence-electron chi connectivity index (χ3n) is 6.44. The molecular weight excluding hydrogens is 490 g/mol. The van der Waals surface area contributed by atoms with Gasteiger partial charge < -0.3 is 14.7 Å². The molecule has 198 valence electrons. The van der Waals surface area contributed by atoms with Gasteiger partial charge in [0.25, 0.3) is 11.7 Å². The fourth-order valence-corrected chi connectivity index (χ4v) is 4.65. The van der Waals surface area contributed by atoms with Gasteiger partial charge in [-0.05, 0) is 69.7 Å². The highest BCUT2D eigenvalue weighted by Gasteiger charge is 2.47. The summed E-state index contributed by atoms with van der Waals surface area (Å²) in [5.41, 5.74) is 1.61. The Hall–Kier alpha value is -4.20. The van der Waals surface area contributed by atoms with Gasteiger partial charge in [0.2, 0.25) is 0 Å². The lowest BCUT2D eigenvalue weighted by Crippen LogP contribution is -2.29. The number of aliphatic hydroxyl groups is 1. The van der Waals surface area contributed by atoms with E-state index < -0.39 is 29.4 Å². The number of aliphatic hydroxyl groups excluding tert-OH is 1. The summed E-state index contributed by atoms with van der Waals surface area (Å²) in [6.45, 7) is 9.37. The first-order valence-corrected chi connectivity index (χ1v) is 12.5. The summed E-state index contributed by atoms with van der Waals surface area (Å²) in [6.07, 6.45) is -0.115. The Morgan fingerprint density at radius 1 is 0.974 bits per heavy atom. The third-order valence-corrected chi connectivity index (χ3v) is 6.44. The number of hydrogen-bond donors (Lipinski definition) is 1. The Balaban J connectivity index is 1.89. The molecule has 6 nitrogen and oxygen atoms in total. The number of nitrogens with zero attached hydrogens (tertiary/aromatic N) is 2. The molecule has 8 heteroatoms. The summed E-state index contributed by atoms with van der Waals surface area (Å²) in [7, 11) is 0. The second-order valence-electron chi connectivity index (χ2n) is 9.23. The summed E-state index contributed by atoms with van der Waals surface area (Å²) in [5.74, 6) is -4.02. The maximum absolute atomic E-state index is 14.2. The van der Waals surface area contributed by atoms with E-state index in [1.54, 1.807) is 36.4 Å². The van der Waals surface area contributed by atoms with Gasteiger partial charge in [-0.15, -0.1) is 0 Å². The highest BCUT2D eigenvalue weighted by Crippen LogP contribution is 2.43. The quantitative estimate of drug-likeness (QED) is 0.217. The standard InChI is InChI=1S/C30H30F2N2O4/c1-5-33(6-2)21-12-10-19(11-13-21)27-26(28(35)20-8-7-9-23(16-20)38-18(3)4)29(36)30(37)34(27)22-14-15-24(31)25(32)17-22/h7-18,27,35H,5-6H2,1-4H3/b28-26+. The Labute approximate surface area is 220 Å². The largest absolute Gasteiger partial charge is 0.507 e. The number of Topliss-reactive ketones (excluding diaryl/α,β-unsaturated/α-hetero) is 1. The molecular formula is C30H30F2N2O4. The van der Waals surface area contributed by atoms with E-state index in [2.05, 4.69) is 4.90 Å². The van der Waals surface area contributed by atoms with Crippen LogP contribution in [0.4, 0.5) is 20.2 Å². The Morgan fingerprint density at radius 3 is 2.26 bits per heavy atom. The van der Waals surface area contributed by atoms with E-state index in [1.165, 1.54) is 6.07 Å². The topological polar surface area (TPSA) is 70.1 Å². The summed E-state index contributed by atoms with van der Waals surface area (Å²) >= 11 is 0. The van der Waals surface area contributed by atoms with Crippen LogP contribution in [0.15, 0.2) is 72.3 Å². The minimum atomic E-state index is -1.15. The lowest BCUT2D eigenvalue weighted by Gasteiger charge is -2.27. The van der Waals surface area contributed by atoms with Gasteiger partial charge in [-0.1, -0.05) is 24.3 Å². The van der Waals surface area contributed by atoms with Gasteiger partial charge in [0.15, 0.2) is 11.6 Å². The Kier molecular flexibility index (Phi) is 7.80. The van der Waals surface area contributed by atoms with Crippen molar-refractivity contribution in [3.05, 3.63) is 95.1 Å². The number of ether oxygens (including phenoxy) is 1. The van der Waals surface area contributed by atoms with E-state index in [1.807, 2.05) is 39.8 Å². The van der Waals surface area contributed by atoms with Gasteiger partial charge in [0.05, 0.1) is 17.7 Å². The number of carbonyl (C=O) groups excluding carboxylic acids is 2. The van der Waals surface area contributed by atoms with Gasteiger partial charge in [0.1, 0.15) is 11.5 Å². The fourth-order valence-electron chi connectivity index (χ4n) is 4.65. The molecule has 1 saturated heterocycles. The van der Waals surface area contributed by atoms with Crippen molar-refractivity contribution >= 4 is 28.8 Å². The van der Waals surface area contributed by atoms with E-state index in [4.69, 9.17) is 4.74 Å². The summed E-state index contributed by atoms with van der Waals surface area (Å²) in [4.78, 5) is 29.9. The van der Waals surface area contributed by atoms with Crippen LogP contribution in [0.2, 0.25) is 0 Å². The summed E-state index contributed by atoms with van der Waals surface area (Å²) in [5, 5.41) is 11.4. The van der Waals surface area contributed by atoms with E-state index in [0.717, 1.165) is 35.8 Å². The SMILES string of the molecule is CCN(CC)c1ccc(C2/C(=C(\O)c3cccc(OC(C)C)c3)C(=O)C(=O)N2c2ccc(F)c(F)c2)cc1. The Bertz CT molecular complexity index is 1380. The molecule has 0 radical (unpaired) electrons. The first-order chi connectivity index (χ1) is 18.2. The molecule has 1 atom stereocenters. The smallest absolute Gasteiger partial charge is 0.300 e. The molecule has 0 aliphatic carbocycles. The molecule has 3 aromatic rings. The van der Waals surface area contributed by atoms with Crippen LogP contribution in [0.5, 0.6) is 5.75 Å². The number of benzene rings is 3. The molecule has 0 spiro atoms. The van der Waals surface area contributed by atoms with Crippen molar-refractivity contribution in [3.8, 4) is 5.75 Å². The minimum absolute atomic E-state index is 0.000221. The maximum Gasteiger partial charge on any atom is 0.300 e. The zero-order valence-electron chi connectivity index (χ0n) is 21.7. The molecule has 1 unspecified atom stereocenters. The normalized spacial score (nSPS) is 16.8. The van der Waals surface area contributed by atoms with Crippen molar-refractivity contribution in [2.24, 2.45) is 0 Å². The van der Waals surface area contributed by atoms with Crippen LogP contribution in [0.1, 0.15) is 44.9 Å². The predicted molar refractivity (Wildman–Crippen MR) is 143 cm³/mol. The molecule has 0 aromatic heterocycles. The Morgan fingerprint density at radius 2 is 1.66 bits per heavy atom. The molecule has 0 saturated carbocycles. The highest BCUT2D eigenvalue weighted by atomic mass is 19.2. The van der Waals surface area contributed by atoms with Gasteiger partial charge in [-0.3, -0.25) is 14.5 Å². The maximum atomic E-state index is 14.2. The fraction of sp³-hybridized carbons (Fsp3) is 0.267. The van der Waals surface area contributed by atoms with Crippen LogP contribution in [0.3, 0.4) is 0 Å². The van der Waals surface area contributed by atoms with E-state index in [0.29, 0.717) is 11.3 Å². The van der Waals surface area contributed by atoms with Gasteiger partial charge in [-0.2, -0.15) is 0 Å². The molecule has 4 rings (SSSR count). The van der Waals surface area contributed by atoms with Crippen LogP contribution in [0, 0.1) is 11.6 Å². The highest BCUT2D eigenvalue weighted by molar-refractivity contribution is 6.51. The van der Waals surface area contributed by atoms with Crippen LogP contribution in [-0.4, -0.2) is 36.0 Å². The van der Waals surface area contributed by atoms with Crippen molar-refractivity contribution in [2.45, 2.75) is 39.8 Å². The number of halogens is 2. The second kappa shape index (κ2) is 11.0. The van der Waals surface area contributed by atoms with E-state index in [-0.39, 0.29) is 28.7 Å². The molecule has 1 fully saturated rings. The van der Waals surface area contributed by atoms with Gasteiger partial charge in [-0.25, -0.2) is 8.78 Å². The van der Waals surface area contributed by atoms with Crippen molar-refractivity contribution in [1.82, 2.24) is 0 Å². The van der Waals surface area contributed by atoms with Crippen molar-refractivity contribution in [2.75, 3.05) is 22.9 Å². The zero-order chi connectivity index (χ0) is 27.6. The van der Waals surface area contributed by atoms with Crippen molar-refractivity contribution in [1.29, 1.82) is 0 Å². The van der Waals surface area contributed by atoms with Gasteiger partial charge in [0, 0.05) is 36.1 Å². The number of carbonyl (C=O) groups is 2. The molecule has 1 heterocycles. The average Bonchev–Trinajstić information content (AvgIpc) is 3.16. The lowest BCUT2D eigenvalue weighted by atomic mass is 9.94. The lowest BCUT2D eigenvalue weighted by molar-refractivity contribution is -0.132. The first kappa shape index (κ1) is 26.9. The molecule has 1 aliphatic heterocycles. The van der Waals surface area contributed by atoms with E-state index >= 15 is 0 Å². The van der Waals surface area contributed by atoms with Crippen LogP contribution >= 0.6 is 0 Å². The molecule has 1 N–H and O–H groups in total. The summed E-state index contributed by atoms with van der Waals surface area (Å²) in [6, 6.07) is 15.8. The van der Waals surface area contributed by atoms with Crippen LogP contribution in [-0.2, 0) is 9.59 Å². The molecule has 1 aliphatic rings. The van der Waals surface area contributed by atoms with Gasteiger partial charge >= 0.3 is 0 Å².